The Hall–Kier alpha value is -6.19. The van der Waals surface area contributed by atoms with E-state index in [1.54, 1.807) is 0 Å². The molecule has 1 heterocycles. The lowest BCUT2D eigenvalue weighted by atomic mass is 9.92. The molecule has 0 amide bonds. The third-order valence-corrected chi connectivity index (χ3v) is 8.88. The summed E-state index contributed by atoms with van der Waals surface area (Å²) in [5.41, 5.74) is 5.14. The van der Waals surface area contributed by atoms with Crippen molar-refractivity contribution in [3.8, 4) is 45.3 Å². The van der Waals surface area contributed by atoms with Crippen LogP contribution >= 0.6 is 0 Å². The van der Waals surface area contributed by atoms with Crippen LogP contribution in [0.1, 0.15) is 0 Å². The fourth-order valence-electron chi connectivity index (χ4n) is 6.61. The van der Waals surface area contributed by atoms with Gasteiger partial charge in [0, 0.05) is 16.7 Å². The fraction of sp³-hybridized carbons (Fsp3) is 0. The molecule has 0 saturated heterocycles. The predicted octanol–water partition coefficient (Wildman–Crippen LogP) is 11.2. The van der Waals surface area contributed by atoms with Crippen molar-refractivity contribution in [1.29, 1.82) is 0 Å². The summed E-state index contributed by atoms with van der Waals surface area (Å²) in [6.07, 6.45) is 0. The summed E-state index contributed by atoms with van der Waals surface area (Å²) in [6.45, 7) is 0. The molecule has 0 saturated carbocycles. The molecule has 8 aromatic carbocycles. The summed E-state index contributed by atoms with van der Waals surface area (Å²) in [6, 6.07) is 57.6. The van der Waals surface area contributed by atoms with Gasteiger partial charge in [0.2, 0.25) is 0 Å². The average Bonchev–Trinajstić information content (AvgIpc) is 3.14. The molecular formula is C43H27N3. The second kappa shape index (κ2) is 10.8. The summed E-state index contributed by atoms with van der Waals surface area (Å²) in [5, 5.41) is 10.2. The van der Waals surface area contributed by atoms with E-state index in [4.69, 9.17) is 15.0 Å². The first kappa shape index (κ1) is 26.2. The maximum atomic E-state index is 4.95. The summed E-state index contributed by atoms with van der Waals surface area (Å²) >= 11 is 0. The molecular weight excluding hydrogens is 558 g/mol. The predicted molar refractivity (Wildman–Crippen MR) is 192 cm³/mol. The molecule has 214 valence electrons. The van der Waals surface area contributed by atoms with Crippen molar-refractivity contribution in [2.24, 2.45) is 0 Å². The normalized spacial score (nSPS) is 11.5. The third-order valence-electron chi connectivity index (χ3n) is 8.88. The topological polar surface area (TPSA) is 38.7 Å². The third kappa shape index (κ3) is 4.49. The van der Waals surface area contributed by atoms with Crippen LogP contribution in [-0.2, 0) is 0 Å². The number of nitrogens with zero attached hydrogens (tertiary/aromatic N) is 3. The molecule has 9 rings (SSSR count). The second-order valence-corrected chi connectivity index (χ2v) is 11.7. The Morgan fingerprint density at radius 3 is 1.54 bits per heavy atom. The van der Waals surface area contributed by atoms with Crippen LogP contribution in [0.3, 0.4) is 0 Å². The van der Waals surface area contributed by atoms with Crippen LogP contribution in [0.25, 0.3) is 88.4 Å². The van der Waals surface area contributed by atoms with E-state index in [9.17, 15) is 0 Å². The average molecular weight is 586 g/mol. The van der Waals surface area contributed by atoms with Crippen molar-refractivity contribution in [1.82, 2.24) is 15.0 Å². The molecule has 0 atom stereocenters. The van der Waals surface area contributed by atoms with Crippen molar-refractivity contribution in [2.75, 3.05) is 0 Å². The minimum absolute atomic E-state index is 0.653. The minimum atomic E-state index is 0.653. The number of rotatable bonds is 4. The lowest BCUT2D eigenvalue weighted by Gasteiger charge is -2.12. The van der Waals surface area contributed by atoms with Gasteiger partial charge in [-0.25, -0.2) is 15.0 Å². The molecule has 1 aromatic heterocycles. The van der Waals surface area contributed by atoms with E-state index in [1.807, 2.05) is 60.7 Å². The Balaban J connectivity index is 1.17. The van der Waals surface area contributed by atoms with Gasteiger partial charge in [0.15, 0.2) is 17.5 Å². The van der Waals surface area contributed by atoms with Gasteiger partial charge < -0.3 is 0 Å². The van der Waals surface area contributed by atoms with Gasteiger partial charge in [-0.05, 0) is 66.3 Å². The second-order valence-electron chi connectivity index (χ2n) is 11.7. The Bertz CT molecular complexity index is 2520. The first-order valence-corrected chi connectivity index (χ1v) is 15.5. The molecule has 0 fully saturated rings. The highest BCUT2D eigenvalue weighted by Crippen LogP contribution is 2.37. The molecule has 0 radical (unpaired) electrons. The molecule has 0 unspecified atom stereocenters. The molecule has 0 aliphatic carbocycles. The van der Waals surface area contributed by atoms with E-state index in [2.05, 4.69) is 103 Å². The first-order chi connectivity index (χ1) is 22.8. The van der Waals surface area contributed by atoms with Crippen LogP contribution in [0.5, 0.6) is 0 Å². The highest BCUT2D eigenvalue weighted by molar-refractivity contribution is 6.24. The zero-order chi connectivity index (χ0) is 30.5. The van der Waals surface area contributed by atoms with Gasteiger partial charge in [0.1, 0.15) is 0 Å². The molecule has 0 spiro atoms. The molecule has 3 nitrogen and oxygen atoms in total. The molecule has 0 bridgehead atoms. The number of aromatic nitrogens is 3. The van der Waals surface area contributed by atoms with Crippen molar-refractivity contribution < 1.29 is 0 Å². The molecule has 0 N–H and O–H groups in total. The van der Waals surface area contributed by atoms with E-state index in [0.29, 0.717) is 17.5 Å². The van der Waals surface area contributed by atoms with Gasteiger partial charge in [-0.15, -0.1) is 0 Å². The highest BCUT2D eigenvalue weighted by Gasteiger charge is 2.14. The fourth-order valence-corrected chi connectivity index (χ4v) is 6.61. The van der Waals surface area contributed by atoms with Gasteiger partial charge in [0.05, 0.1) is 0 Å². The summed E-state index contributed by atoms with van der Waals surface area (Å²) in [4.78, 5) is 14.7. The summed E-state index contributed by atoms with van der Waals surface area (Å²) in [7, 11) is 0. The van der Waals surface area contributed by atoms with Crippen molar-refractivity contribution in [2.45, 2.75) is 0 Å². The van der Waals surface area contributed by atoms with Crippen molar-refractivity contribution in [3.05, 3.63) is 164 Å². The van der Waals surface area contributed by atoms with Gasteiger partial charge in [-0.2, -0.15) is 0 Å². The molecule has 9 aromatic rings. The van der Waals surface area contributed by atoms with Crippen LogP contribution in [0.4, 0.5) is 0 Å². The van der Waals surface area contributed by atoms with Gasteiger partial charge >= 0.3 is 0 Å². The van der Waals surface area contributed by atoms with Crippen LogP contribution in [0, 0.1) is 0 Å². The van der Waals surface area contributed by atoms with E-state index in [1.165, 1.54) is 43.1 Å². The van der Waals surface area contributed by atoms with E-state index >= 15 is 0 Å². The zero-order valence-corrected chi connectivity index (χ0v) is 24.9. The Morgan fingerprint density at radius 1 is 0.261 bits per heavy atom. The van der Waals surface area contributed by atoms with E-state index < -0.39 is 0 Å². The lowest BCUT2D eigenvalue weighted by Crippen LogP contribution is -2.00. The Kier molecular flexibility index (Phi) is 6.14. The summed E-state index contributed by atoms with van der Waals surface area (Å²) < 4.78 is 0. The number of fused-ring (bicyclic) bond motifs is 7. The van der Waals surface area contributed by atoms with Crippen LogP contribution in [-0.4, -0.2) is 15.0 Å². The molecule has 0 aliphatic rings. The molecule has 46 heavy (non-hydrogen) atoms. The van der Waals surface area contributed by atoms with Gasteiger partial charge in [0.25, 0.3) is 0 Å². The van der Waals surface area contributed by atoms with Gasteiger partial charge in [-0.3, -0.25) is 0 Å². The van der Waals surface area contributed by atoms with Crippen LogP contribution < -0.4 is 0 Å². The number of hydrogen-bond donors (Lipinski definition) is 0. The molecule has 3 heteroatoms. The smallest absolute Gasteiger partial charge is 0.164 e. The lowest BCUT2D eigenvalue weighted by molar-refractivity contribution is 1.07. The maximum absolute atomic E-state index is 4.95. The van der Waals surface area contributed by atoms with Crippen LogP contribution in [0.2, 0.25) is 0 Å². The monoisotopic (exact) mass is 585 g/mol. The number of benzene rings is 8. The zero-order valence-electron chi connectivity index (χ0n) is 24.9. The Labute approximate surface area is 266 Å². The maximum Gasteiger partial charge on any atom is 0.164 e. The first-order valence-electron chi connectivity index (χ1n) is 15.5. The standard InChI is InChI=1S/C43H27N3/c1-3-11-30(12-4-1)41-44-42(31-13-5-2-6-14-31)46-43(45-41)35-16-9-15-32(27-35)33-22-23-37-34(26-33)19-18-29-21-24-38-36-17-8-7-10-28(36)20-25-39(38)40(29)37/h1-27H. The quantitative estimate of drug-likeness (QED) is 0.193. The highest BCUT2D eigenvalue weighted by atomic mass is 15.0. The van der Waals surface area contributed by atoms with Gasteiger partial charge in [-0.1, -0.05) is 152 Å². The number of hydrogen-bond acceptors (Lipinski definition) is 3. The SMILES string of the molecule is c1ccc(-c2nc(-c3ccccc3)nc(-c3cccc(-c4ccc5c(ccc6ccc7c8ccccc8ccc7c65)c4)c3)n2)cc1. The van der Waals surface area contributed by atoms with Crippen molar-refractivity contribution in [3.63, 3.8) is 0 Å². The largest absolute Gasteiger partial charge is 0.208 e. The van der Waals surface area contributed by atoms with Crippen molar-refractivity contribution >= 4 is 43.1 Å². The Morgan fingerprint density at radius 2 is 0.783 bits per heavy atom. The van der Waals surface area contributed by atoms with E-state index in [-0.39, 0.29) is 0 Å². The summed E-state index contributed by atoms with van der Waals surface area (Å²) in [5.74, 6) is 1.97. The van der Waals surface area contributed by atoms with E-state index in [0.717, 1.165) is 27.8 Å². The minimum Gasteiger partial charge on any atom is -0.208 e. The van der Waals surface area contributed by atoms with Crippen LogP contribution in [0.15, 0.2) is 164 Å². The molecule has 0 aliphatic heterocycles.